The molecule has 3 unspecified atom stereocenters. The lowest BCUT2D eigenvalue weighted by molar-refractivity contribution is 0.142. The second-order valence-electron chi connectivity index (χ2n) is 6.82. The van der Waals surface area contributed by atoms with Crippen molar-refractivity contribution in [1.82, 2.24) is 0 Å². The van der Waals surface area contributed by atoms with E-state index in [2.05, 4.69) is 66.3 Å². The van der Waals surface area contributed by atoms with Gasteiger partial charge in [-0.05, 0) is 54.2 Å². The number of fused-ring (bicyclic) bond motifs is 2. The third-order valence-corrected chi connectivity index (χ3v) is 6.45. The zero-order chi connectivity index (χ0) is 13.0. The Kier molecular flexibility index (Phi) is 2.78. The maximum absolute atomic E-state index is 3.78. The van der Waals surface area contributed by atoms with Crippen LogP contribution in [0.4, 0.5) is 5.69 Å². The summed E-state index contributed by atoms with van der Waals surface area (Å²) in [5.41, 5.74) is 2.18. The standard InChI is InChI=1S/C16H22BrN/c1-15(2)11-7-8-16(15,3)14(9-11)18-13-6-4-5-12(17)10-13/h4-6,10-11,14,18H,7-9H2,1-3H3. The highest BCUT2D eigenvalue weighted by Crippen LogP contribution is 2.65. The smallest absolute Gasteiger partial charge is 0.0353 e. The maximum atomic E-state index is 3.78. The van der Waals surface area contributed by atoms with Gasteiger partial charge in [-0.3, -0.25) is 0 Å². The van der Waals surface area contributed by atoms with Gasteiger partial charge in [0, 0.05) is 16.2 Å². The molecule has 2 fully saturated rings. The Balaban J connectivity index is 1.84. The molecule has 1 nitrogen and oxygen atoms in total. The van der Waals surface area contributed by atoms with Crippen LogP contribution in [0.1, 0.15) is 40.0 Å². The van der Waals surface area contributed by atoms with Crippen LogP contribution in [0.3, 0.4) is 0 Å². The van der Waals surface area contributed by atoms with E-state index in [9.17, 15) is 0 Å². The van der Waals surface area contributed by atoms with Crippen molar-refractivity contribution in [3.05, 3.63) is 28.7 Å². The van der Waals surface area contributed by atoms with E-state index < -0.39 is 0 Å². The fraction of sp³-hybridized carbons (Fsp3) is 0.625. The Hall–Kier alpha value is -0.500. The second-order valence-corrected chi connectivity index (χ2v) is 7.73. The average Bonchev–Trinajstić information content (AvgIpc) is 2.62. The number of hydrogen-bond acceptors (Lipinski definition) is 1. The molecular weight excluding hydrogens is 286 g/mol. The average molecular weight is 308 g/mol. The van der Waals surface area contributed by atoms with Gasteiger partial charge in [0.15, 0.2) is 0 Å². The highest BCUT2D eigenvalue weighted by molar-refractivity contribution is 9.10. The van der Waals surface area contributed by atoms with Crippen molar-refractivity contribution >= 4 is 21.6 Å². The summed E-state index contributed by atoms with van der Waals surface area (Å²) in [6, 6.07) is 9.17. The largest absolute Gasteiger partial charge is 0.382 e. The SMILES string of the molecule is CC1(C)C2CCC1(C)C(Nc1cccc(Br)c1)C2. The van der Waals surface area contributed by atoms with Gasteiger partial charge in [-0.15, -0.1) is 0 Å². The summed E-state index contributed by atoms with van der Waals surface area (Å²) in [5, 5.41) is 3.78. The summed E-state index contributed by atoms with van der Waals surface area (Å²) < 4.78 is 1.15. The lowest BCUT2D eigenvalue weighted by Crippen LogP contribution is -2.40. The fourth-order valence-electron chi connectivity index (χ4n) is 4.20. The van der Waals surface area contributed by atoms with Crippen molar-refractivity contribution < 1.29 is 0 Å². The highest BCUT2D eigenvalue weighted by atomic mass is 79.9. The topological polar surface area (TPSA) is 12.0 Å². The van der Waals surface area contributed by atoms with Crippen LogP contribution in [-0.4, -0.2) is 6.04 Å². The monoisotopic (exact) mass is 307 g/mol. The lowest BCUT2D eigenvalue weighted by Gasteiger charge is -2.40. The Morgan fingerprint density at radius 1 is 1.28 bits per heavy atom. The molecule has 2 aliphatic carbocycles. The fourth-order valence-corrected chi connectivity index (χ4v) is 4.60. The third-order valence-electron chi connectivity index (χ3n) is 5.96. The van der Waals surface area contributed by atoms with Crippen molar-refractivity contribution in [3.63, 3.8) is 0 Å². The van der Waals surface area contributed by atoms with Crippen molar-refractivity contribution in [1.29, 1.82) is 0 Å². The predicted octanol–water partition coefficient (Wildman–Crippen LogP) is 5.08. The molecule has 0 saturated heterocycles. The van der Waals surface area contributed by atoms with Crippen LogP contribution in [0.2, 0.25) is 0 Å². The van der Waals surface area contributed by atoms with E-state index >= 15 is 0 Å². The Morgan fingerprint density at radius 3 is 2.61 bits per heavy atom. The van der Waals surface area contributed by atoms with Gasteiger partial charge < -0.3 is 5.32 Å². The molecule has 1 aromatic carbocycles. The minimum atomic E-state index is 0.444. The molecule has 98 valence electrons. The lowest BCUT2D eigenvalue weighted by atomic mass is 9.69. The van der Waals surface area contributed by atoms with Crippen LogP contribution in [0, 0.1) is 16.7 Å². The second kappa shape index (κ2) is 4.00. The van der Waals surface area contributed by atoms with Gasteiger partial charge in [0.05, 0.1) is 0 Å². The first kappa shape index (κ1) is 12.5. The molecule has 18 heavy (non-hydrogen) atoms. The number of benzene rings is 1. The Morgan fingerprint density at radius 2 is 2.06 bits per heavy atom. The van der Waals surface area contributed by atoms with Crippen molar-refractivity contribution in [2.75, 3.05) is 5.32 Å². The van der Waals surface area contributed by atoms with E-state index in [-0.39, 0.29) is 0 Å². The van der Waals surface area contributed by atoms with Gasteiger partial charge in [-0.1, -0.05) is 42.8 Å². The summed E-state index contributed by atoms with van der Waals surface area (Å²) in [7, 11) is 0. The number of hydrogen-bond donors (Lipinski definition) is 1. The number of halogens is 1. The molecule has 2 bridgehead atoms. The maximum Gasteiger partial charge on any atom is 0.0353 e. The molecule has 3 atom stereocenters. The van der Waals surface area contributed by atoms with Crippen molar-refractivity contribution in [3.8, 4) is 0 Å². The molecule has 1 aromatic rings. The molecule has 0 amide bonds. The van der Waals surface area contributed by atoms with Gasteiger partial charge in [0.2, 0.25) is 0 Å². The van der Waals surface area contributed by atoms with E-state index in [0.717, 1.165) is 10.4 Å². The minimum absolute atomic E-state index is 0.444. The summed E-state index contributed by atoms with van der Waals surface area (Å²) >= 11 is 3.55. The van der Waals surface area contributed by atoms with Crippen LogP contribution in [0.5, 0.6) is 0 Å². The molecule has 2 heteroatoms. The van der Waals surface area contributed by atoms with E-state index in [1.165, 1.54) is 24.9 Å². The summed E-state index contributed by atoms with van der Waals surface area (Å²) in [4.78, 5) is 0. The number of anilines is 1. The molecule has 0 aliphatic heterocycles. The van der Waals surface area contributed by atoms with E-state index in [1.807, 2.05) is 0 Å². The highest BCUT2D eigenvalue weighted by Gasteiger charge is 2.61. The van der Waals surface area contributed by atoms with Crippen LogP contribution in [0.25, 0.3) is 0 Å². The number of rotatable bonds is 2. The molecule has 1 N–H and O–H groups in total. The summed E-state index contributed by atoms with van der Waals surface area (Å²) in [6.07, 6.45) is 4.12. The molecule has 0 heterocycles. The van der Waals surface area contributed by atoms with Crippen molar-refractivity contribution in [2.45, 2.75) is 46.1 Å². The van der Waals surface area contributed by atoms with E-state index in [1.54, 1.807) is 0 Å². The zero-order valence-electron chi connectivity index (χ0n) is 11.5. The molecule has 2 aliphatic rings. The third kappa shape index (κ3) is 1.65. The van der Waals surface area contributed by atoms with E-state index in [0.29, 0.717) is 16.9 Å². The first-order chi connectivity index (χ1) is 8.43. The summed E-state index contributed by atoms with van der Waals surface area (Å²) in [5.74, 6) is 0.896. The van der Waals surface area contributed by atoms with Crippen LogP contribution in [-0.2, 0) is 0 Å². The van der Waals surface area contributed by atoms with Crippen LogP contribution < -0.4 is 5.32 Å². The molecule has 3 rings (SSSR count). The molecule has 0 spiro atoms. The van der Waals surface area contributed by atoms with Crippen LogP contribution in [0.15, 0.2) is 28.7 Å². The van der Waals surface area contributed by atoms with Gasteiger partial charge in [0.25, 0.3) is 0 Å². The molecule has 2 saturated carbocycles. The first-order valence-corrected chi connectivity index (χ1v) is 7.75. The minimum Gasteiger partial charge on any atom is -0.382 e. The normalized spacial score (nSPS) is 36.9. The van der Waals surface area contributed by atoms with Crippen molar-refractivity contribution in [2.24, 2.45) is 16.7 Å². The number of nitrogens with one attached hydrogen (secondary N) is 1. The first-order valence-electron chi connectivity index (χ1n) is 6.95. The Labute approximate surface area is 118 Å². The van der Waals surface area contributed by atoms with Gasteiger partial charge >= 0.3 is 0 Å². The zero-order valence-corrected chi connectivity index (χ0v) is 13.0. The Bertz CT molecular complexity index is 468. The van der Waals surface area contributed by atoms with Gasteiger partial charge in [0.1, 0.15) is 0 Å². The molecule has 0 aromatic heterocycles. The van der Waals surface area contributed by atoms with Gasteiger partial charge in [-0.2, -0.15) is 0 Å². The molecule has 0 radical (unpaired) electrons. The molecular formula is C16H22BrN. The van der Waals surface area contributed by atoms with Gasteiger partial charge in [-0.25, -0.2) is 0 Å². The predicted molar refractivity (Wildman–Crippen MR) is 80.8 cm³/mol. The van der Waals surface area contributed by atoms with E-state index in [4.69, 9.17) is 0 Å². The quantitative estimate of drug-likeness (QED) is 0.803. The summed E-state index contributed by atoms with van der Waals surface area (Å²) in [6.45, 7) is 7.41. The van der Waals surface area contributed by atoms with Crippen LogP contribution >= 0.6 is 15.9 Å².